The first-order valence-corrected chi connectivity index (χ1v) is 4.80. The van der Waals surface area contributed by atoms with Crippen LogP contribution in [0.2, 0.25) is 0 Å². The van der Waals surface area contributed by atoms with E-state index in [0.717, 1.165) is 0 Å². The SMILES string of the molecule is COC(=O)NN=Cc1oc(O)c2ccccc12. The first kappa shape index (κ1) is 11.0. The molecule has 0 aliphatic heterocycles. The third-order valence-electron chi connectivity index (χ3n) is 2.15. The van der Waals surface area contributed by atoms with E-state index >= 15 is 0 Å². The number of fused-ring (bicyclic) bond motifs is 1. The molecule has 88 valence electrons. The fraction of sp³-hybridized carbons (Fsp3) is 0.0909. The third kappa shape index (κ3) is 2.20. The normalized spacial score (nSPS) is 10.9. The Balaban J connectivity index is 2.27. The third-order valence-corrected chi connectivity index (χ3v) is 2.15. The Morgan fingerprint density at radius 3 is 2.88 bits per heavy atom. The summed E-state index contributed by atoms with van der Waals surface area (Å²) in [6.45, 7) is 0. The van der Waals surface area contributed by atoms with Crippen molar-refractivity contribution in [2.45, 2.75) is 0 Å². The molecule has 0 spiro atoms. The van der Waals surface area contributed by atoms with Crippen LogP contribution in [0.15, 0.2) is 33.8 Å². The maximum absolute atomic E-state index is 10.7. The highest BCUT2D eigenvalue weighted by Gasteiger charge is 2.09. The van der Waals surface area contributed by atoms with E-state index in [-0.39, 0.29) is 5.95 Å². The second kappa shape index (κ2) is 4.56. The van der Waals surface area contributed by atoms with E-state index in [1.54, 1.807) is 18.2 Å². The van der Waals surface area contributed by atoms with E-state index in [9.17, 15) is 9.90 Å². The van der Waals surface area contributed by atoms with Crippen LogP contribution in [0.1, 0.15) is 5.76 Å². The average molecular weight is 234 g/mol. The molecule has 2 N–H and O–H groups in total. The van der Waals surface area contributed by atoms with Gasteiger partial charge in [-0.05, 0) is 6.07 Å². The number of furan rings is 1. The first-order chi connectivity index (χ1) is 8.22. The van der Waals surface area contributed by atoms with Gasteiger partial charge in [-0.2, -0.15) is 5.10 Å². The van der Waals surface area contributed by atoms with Crippen molar-refractivity contribution in [3.05, 3.63) is 30.0 Å². The average Bonchev–Trinajstić information content (AvgIpc) is 2.67. The predicted octanol–water partition coefficient (Wildman–Crippen LogP) is 1.83. The second-order valence-corrected chi connectivity index (χ2v) is 3.18. The molecule has 1 aromatic carbocycles. The van der Waals surface area contributed by atoms with E-state index in [4.69, 9.17) is 4.42 Å². The highest BCUT2D eigenvalue weighted by atomic mass is 16.5. The molecular weight excluding hydrogens is 224 g/mol. The Labute approximate surface area is 96.5 Å². The number of nitrogens with zero attached hydrogens (tertiary/aromatic N) is 1. The van der Waals surface area contributed by atoms with Crippen molar-refractivity contribution in [2.24, 2.45) is 5.10 Å². The minimum Gasteiger partial charge on any atom is -0.480 e. The molecule has 0 atom stereocenters. The number of nitrogens with one attached hydrogen (secondary N) is 1. The number of rotatable bonds is 2. The maximum atomic E-state index is 10.7. The van der Waals surface area contributed by atoms with E-state index < -0.39 is 6.09 Å². The first-order valence-electron chi connectivity index (χ1n) is 4.80. The van der Waals surface area contributed by atoms with Gasteiger partial charge < -0.3 is 14.3 Å². The van der Waals surface area contributed by atoms with Crippen LogP contribution in [-0.4, -0.2) is 24.5 Å². The van der Waals surface area contributed by atoms with Crippen LogP contribution in [0, 0.1) is 0 Å². The van der Waals surface area contributed by atoms with Gasteiger partial charge in [-0.1, -0.05) is 18.2 Å². The molecular formula is C11H10N2O4. The molecule has 6 heteroatoms. The van der Waals surface area contributed by atoms with Gasteiger partial charge in [-0.15, -0.1) is 0 Å². The summed E-state index contributed by atoms with van der Waals surface area (Å²) in [7, 11) is 1.24. The van der Waals surface area contributed by atoms with Crippen LogP contribution >= 0.6 is 0 Å². The number of hydrogen-bond donors (Lipinski definition) is 2. The predicted molar refractivity (Wildman–Crippen MR) is 61.0 cm³/mol. The maximum Gasteiger partial charge on any atom is 0.427 e. The van der Waals surface area contributed by atoms with E-state index in [2.05, 4.69) is 15.3 Å². The Morgan fingerprint density at radius 1 is 1.47 bits per heavy atom. The molecule has 1 amide bonds. The summed E-state index contributed by atoms with van der Waals surface area (Å²) in [5, 5.41) is 14.4. The molecule has 6 nitrogen and oxygen atoms in total. The van der Waals surface area contributed by atoms with Crippen LogP contribution in [0.25, 0.3) is 10.8 Å². The van der Waals surface area contributed by atoms with Crippen LogP contribution < -0.4 is 5.43 Å². The molecule has 0 unspecified atom stereocenters. The zero-order chi connectivity index (χ0) is 12.3. The van der Waals surface area contributed by atoms with Gasteiger partial charge in [-0.3, -0.25) is 0 Å². The lowest BCUT2D eigenvalue weighted by Crippen LogP contribution is -2.16. The fourth-order valence-electron chi connectivity index (χ4n) is 1.38. The second-order valence-electron chi connectivity index (χ2n) is 3.18. The largest absolute Gasteiger partial charge is 0.480 e. The molecule has 0 aliphatic carbocycles. The zero-order valence-corrected chi connectivity index (χ0v) is 9.01. The minimum atomic E-state index is -0.679. The fourth-order valence-corrected chi connectivity index (χ4v) is 1.38. The Hall–Kier alpha value is -2.50. The van der Waals surface area contributed by atoms with Gasteiger partial charge in [0, 0.05) is 5.39 Å². The van der Waals surface area contributed by atoms with Crippen LogP contribution in [0.5, 0.6) is 5.95 Å². The summed E-state index contributed by atoms with van der Waals surface area (Å²) in [5.74, 6) is 0.176. The van der Waals surface area contributed by atoms with Crippen molar-refractivity contribution < 1.29 is 19.1 Å². The Bertz CT molecular complexity index is 574. The van der Waals surface area contributed by atoms with E-state index in [0.29, 0.717) is 16.5 Å². The molecule has 17 heavy (non-hydrogen) atoms. The lowest BCUT2D eigenvalue weighted by Gasteiger charge is -1.94. The topological polar surface area (TPSA) is 84.1 Å². The molecule has 0 saturated carbocycles. The van der Waals surface area contributed by atoms with Gasteiger partial charge in [0.15, 0.2) is 5.76 Å². The summed E-state index contributed by atoms with van der Waals surface area (Å²) >= 11 is 0. The molecule has 2 rings (SSSR count). The van der Waals surface area contributed by atoms with Gasteiger partial charge in [0.25, 0.3) is 5.95 Å². The summed E-state index contributed by atoms with van der Waals surface area (Å²) in [4.78, 5) is 10.7. The molecule has 2 aromatic rings. The number of benzene rings is 1. The lowest BCUT2D eigenvalue weighted by atomic mass is 10.2. The quantitative estimate of drug-likeness (QED) is 0.613. The smallest absolute Gasteiger partial charge is 0.427 e. The summed E-state index contributed by atoms with van der Waals surface area (Å²) in [6.07, 6.45) is 0.611. The highest BCUT2D eigenvalue weighted by molar-refractivity contribution is 6.00. The molecule has 0 radical (unpaired) electrons. The number of hydrogen-bond acceptors (Lipinski definition) is 5. The number of ether oxygens (including phenoxy) is 1. The molecule has 0 fully saturated rings. The van der Waals surface area contributed by atoms with Crippen molar-refractivity contribution >= 4 is 23.1 Å². The highest BCUT2D eigenvalue weighted by Crippen LogP contribution is 2.29. The van der Waals surface area contributed by atoms with Crippen molar-refractivity contribution in [2.75, 3.05) is 7.11 Å². The molecule has 1 heterocycles. The Morgan fingerprint density at radius 2 is 2.18 bits per heavy atom. The molecule has 0 saturated heterocycles. The molecule has 0 aliphatic rings. The van der Waals surface area contributed by atoms with E-state index in [1.807, 2.05) is 6.07 Å². The van der Waals surface area contributed by atoms with Crippen LogP contribution in [0.3, 0.4) is 0 Å². The van der Waals surface area contributed by atoms with Gasteiger partial charge in [0.05, 0.1) is 18.7 Å². The minimum absolute atomic E-state index is 0.180. The monoisotopic (exact) mass is 234 g/mol. The van der Waals surface area contributed by atoms with Gasteiger partial charge in [0.1, 0.15) is 0 Å². The number of methoxy groups -OCH3 is 1. The number of amides is 1. The zero-order valence-electron chi connectivity index (χ0n) is 9.01. The van der Waals surface area contributed by atoms with Crippen molar-refractivity contribution in [1.82, 2.24) is 5.43 Å². The molecule has 1 aromatic heterocycles. The number of hydrazone groups is 1. The van der Waals surface area contributed by atoms with Crippen molar-refractivity contribution in [3.8, 4) is 5.95 Å². The summed E-state index contributed by atoms with van der Waals surface area (Å²) in [6, 6.07) is 7.09. The number of aromatic hydroxyl groups is 1. The van der Waals surface area contributed by atoms with Crippen LogP contribution in [0.4, 0.5) is 4.79 Å². The summed E-state index contributed by atoms with van der Waals surface area (Å²) < 4.78 is 9.43. The van der Waals surface area contributed by atoms with Crippen molar-refractivity contribution in [3.63, 3.8) is 0 Å². The Kier molecular flexibility index (Phi) is 2.95. The van der Waals surface area contributed by atoms with Gasteiger partial charge in [-0.25, -0.2) is 10.2 Å². The van der Waals surface area contributed by atoms with Gasteiger partial charge in [0.2, 0.25) is 0 Å². The molecule has 0 bridgehead atoms. The van der Waals surface area contributed by atoms with Crippen LogP contribution in [-0.2, 0) is 4.74 Å². The lowest BCUT2D eigenvalue weighted by molar-refractivity contribution is 0.171. The van der Waals surface area contributed by atoms with Crippen molar-refractivity contribution in [1.29, 1.82) is 0 Å². The van der Waals surface area contributed by atoms with Gasteiger partial charge >= 0.3 is 6.09 Å². The number of carbonyl (C=O) groups is 1. The van der Waals surface area contributed by atoms with E-state index in [1.165, 1.54) is 13.3 Å². The standard InChI is InChI=1S/C11H10N2O4/c1-16-11(15)13-12-6-9-7-4-2-3-5-8(7)10(14)17-9/h2-6,14H,1H3,(H,13,15). The summed E-state index contributed by atoms with van der Waals surface area (Å²) in [5.41, 5.74) is 2.12. The number of carbonyl (C=O) groups excluding carboxylic acids is 1.